The summed E-state index contributed by atoms with van der Waals surface area (Å²) in [7, 11) is 0. The molecule has 0 aromatic heterocycles. The molecule has 0 atom stereocenters. The van der Waals surface area contributed by atoms with Crippen LogP contribution < -0.4 is 4.74 Å². The standard InChI is InChI=1S/C14H10FNO5/c1-8-7-9(14(17)18)5-6-12(8)21-13-10(15)3-2-4-11(13)16(19)20/h2-7H,1H3,(H,17,18). The summed E-state index contributed by atoms with van der Waals surface area (Å²) in [5, 5.41) is 19.7. The van der Waals surface area contributed by atoms with Crippen LogP contribution in [0.2, 0.25) is 0 Å². The molecule has 7 heteroatoms. The number of para-hydroxylation sites is 1. The van der Waals surface area contributed by atoms with Gasteiger partial charge in [0.1, 0.15) is 5.75 Å². The summed E-state index contributed by atoms with van der Waals surface area (Å²) >= 11 is 0. The zero-order valence-electron chi connectivity index (χ0n) is 10.9. The van der Waals surface area contributed by atoms with E-state index in [2.05, 4.69) is 0 Å². The Morgan fingerprint density at radius 2 is 2.05 bits per heavy atom. The third-order valence-electron chi connectivity index (χ3n) is 2.78. The number of carbonyl (C=O) groups is 1. The van der Waals surface area contributed by atoms with Crippen LogP contribution in [-0.4, -0.2) is 16.0 Å². The summed E-state index contributed by atoms with van der Waals surface area (Å²) in [5.41, 5.74) is -0.0351. The van der Waals surface area contributed by atoms with Crippen molar-refractivity contribution >= 4 is 11.7 Å². The van der Waals surface area contributed by atoms with Gasteiger partial charge in [-0.3, -0.25) is 10.1 Å². The molecule has 21 heavy (non-hydrogen) atoms. The van der Waals surface area contributed by atoms with Crippen LogP contribution in [0, 0.1) is 22.9 Å². The van der Waals surface area contributed by atoms with Crippen molar-refractivity contribution in [2.24, 2.45) is 0 Å². The Morgan fingerprint density at radius 3 is 2.62 bits per heavy atom. The number of rotatable bonds is 4. The lowest BCUT2D eigenvalue weighted by Gasteiger charge is -2.10. The van der Waals surface area contributed by atoms with Gasteiger partial charge in [-0.2, -0.15) is 0 Å². The molecule has 0 heterocycles. The van der Waals surface area contributed by atoms with Crippen LogP contribution in [0.25, 0.3) is 0 Å². The number of ether oxygens (including phenoxy) is 1. The van der Waals surface area contributed by atoms with Gasteiger partial charge in [0.05, 0.1) is 10.5 Å². The number of aryl methyl sites for hydroxylation is 1. The van der Waals surface area contributed by atoms with E-state index in [4.69, 9.17) is 9.84 Å². The van der Waals surface area contributed by atoms with Gasteiger partial charge in [-0.05, 0) is 36.8 Å². The molecule has 2 aromatic rings. The second-order valence-corrected chi connectivity index (χ2v) is 4.23. The van der Waals surface area contributed by atoms with Crippen LogP contribution in [0.15, 0.2) is 36.4 Å². The van der Waals surface area contributed by atoms with Gasteiger partial charge in [0.25, 0.3) is 0 Å². The number of nitrogens with zero attached hydrogens (tertiary/aromatic N) is 1. The number of nitro groups is 1. The Balaban J connectivity index is 2.44. The SMILES string of the molecule is Cc1cc(C(=O)O)ccc1Oc1c(F)cccc1[N+](=O)[O-]. The van der Waals surface area contributed by atoms with Crippen LogP contribution in [0.5, 0.6) is 11.5 Å². The van der Waals surface area contributed by atoms with Crippen molar-refractivity contribution in [2.45, 2.75) is 6.92 Å². The van der Waals surface area contributed by atoms with Gasteiger partial charge < -0.3 is 9.84 Å². The number of hydrogen-bond donors (Lipinski definition) is 1. The highest BCUT2D eigenvalue weighted by Crippen LogP contribution is 2.35. The van der Waals surface area contributed by atoms with Crippen molar-refractivity contribution < 1.29 is 24.0 Å². The topological polar surface area (TPSA) is 89.7 Å². The molecule has 0 aliphatic carbocycles. The predicted octanol–water partition coefficient (Wildman–Crippen LogP) is 3.53. The molecule has 0 radical (unpaired) electrons. The lowest BCUT2D eigenvalue weighted by Crippen LogP contribution is -1.99. The van der Waals surface area contributed by atoms with Crippen molar-refractivity contribution in [1.82, 2.24) is 0 Å². The minimum absolute atomic E-state index is 0.0443. The average Bonchev–Trinajstić information content (AvgIpc) is 2.42. The highest BCUT2D eigenvalue weighted by atomic mass is 19.1. The molecule has 0 bridgehead atoms. The van der Waals surface area contributed by atoms with E-state index in [1.807, 2.05) is 0 Å². The van der Waals surface area contributed by atoms with Crippen LogP contribution in [0.4, 0.5) is 10.1 Å². The third-order valence-corrected chi connectivity index (χ3v) is 2.78. The smallest absolute Gasteiger partial charge is 0.335 e. The van der Waals surface area contributed by atoms with E-state index in [9.17, 15) is 19.3 Å². The maximum atomic E-state index is 13.7. The number of aromatic carboxylic acids is 1. The molecule has 2 aromatic carbocycles. The number of carboxylic acid groups (broad SMARTS) is 1. The number of halogens is 1. The first-order valence-corrected chi connectivity index (χ1v) is 5.85. The molecule has 6 nitrogen and oxygen atoms in total. The predicted molar refractivity (Wildman–Crippen MR) is 71.3 cm³/mol. The molecule has 108 valence electrons. The molecule has 0 amide bonds. The second kappa shape index (κ2) is 5.58. The minimum atomic E-state index is -1.11. The zero-order valence-corrected chi connectivity index (χ0v) is 10.9. The van der Waals surface area contributed by atoms with E-state index in [1.165, 1.54) is 24.3 Å². The van der Waals surface area contributed by atoms with Crippen molar-refractivity contribution in [3.8, 4) is 11.5 Å². The van der Waals surface area contributed by atoms with Crippen LogP contribution in [-0.2, 0) is 0 Å². The summed E-state index contributed by atoms with van der Waals surface area (Å²) in [6.07, 6.45) is 0. The fourth-order valence-corrected chi connectivity index (χ4v) is 1.75. The molecule has 0 aliphatic heterocycles. The van der Waals surface area contributed by atoms with Crippen molar-refractivity contribution in [2.75, 3.05) is 0 Å². The van der Waals surface area contributed by atoms with Crippen LogP contribution in [0.3, 0.4) is 0 Å². The van der Waals surface area contributed by atoms with E-state index in [0.717, 1.165) is 12.1 Å². The third kappa shape index (κ3) is 2.97. The number of benzene rings is 2. The summed E-state index contributed by atoms with van der Waals surface area (Å²) < 4.78 is 19.0. The lowest BCUT2D eigenvalue weighted by atomic mass is 10.1. The van der Waals surface area contributed by atoms with Crippen molar-refractivity contribution in [3.63, 3.8) is 0 Å². The molecule has 2 rings (SSSR count). The Hall–Kier alpha value is -2.96. The van der Waals surface area contributed by atoms with E-state index in [1.54, 1.807) is 6.92 Å². The average molecular weight is 291 g/mol. The molecule has 0 saturated heterocycles. The lowest BCUT2D eigenvalue weighted by molar-refractivity contribution is -0.385. The number of carboxylic acids is 1. The van der Waals surface area contributed by atoms with Crippen molar-refractivity contribution in [1.29, 1.82) is 0 Å². The quantitative estimate of drug-likeness (QED) is 0.687. The van der Waals surface area contributed by atoms with Crippen LogP contribution >= 0.6 is 0 Å². The highest BCUT2D eigenvalue weighted by molar-refractivity contribution is 5.88. The summed E-state index contributed by atoms with van der Waals surface area (Å²) in [5.74, 6) is -2.34. The first kappa shape index (κ1) is 14.4. The molecule has 0 unspecified atom stereocenters. The zero-order chi connectivity index (χ0) is 15.6. The van der Waals surface area contributed by atoms with Crippen LogP contribution in [0.1, 0.15) is 15.9 Å². The summed E-state index contributed by atoms with van der Waals surface area (Å²) in [4.78, 5) is 21.0. The van der Waals surface area contributed by atoms with Gasteiger partial charge in [0.15, 0.2) is 5.82 Å². The number of hydrogen-bond acceptors (Lipinski definition) is 4. The Morgan fingerprint density at radius 1 is 1.33 bits per heavy atom. The van der Waals surface area contributed by atoms with Gasteiger partial charge in [-0.25, -0.2) is 9.18 Å². The molecular weight excluding hydrogens is 281 g/mol. The largest absolute Gasteiger partial charge is 0.478 e. The summed E-state index contributed by atoms with van der Waals surface area (Å²) in [6.45, 7) is 1.56. The first-order valence-electron chi connectivity index (χ1n) is 5.85. The monoisotopic (exact) mass is 291 g/mol. The summed E-state index contributed by atoms with van der Waals surface area (Å²) in [6, 6.07) is 7.32. The van der Waals surface area contributed by atoms with Gasteiger partial charge in [0.2, 0.25) is 5.75 Å². The van der Waals surface area contributed by atoms with E-state index >= 15 is 0 Å². The van der Waals surface area contributed by atoms with E-state index in [0.29, 0.717) is 5.56 Å². The Labute approximate surface area is 118 Å². The van der Waals surface area contributed by atoms with Gasteiger partial charge in [-0.1, -0.05) is 6.07 Å². The molecular formula is C14H10FNO5. The fourth-order valence-electron chi connectivity index (χ4n) is 1.75. The maximum Gasteiger partial charge on any atom is 0.335 e. The van der Waals surface area contributed by atoms with Crippen molar-refractivity contribution in [3.05, 3.63) is 63.5 Å². The van der Waals surface area contributed by atoms with Gasteiger partial charge >= 0.3 is 11.7 Å². The molecule has 0 spiro atoms. The fraction of sp³-hybridized carbons (Fsp3) is 0.0714. The number of nitro benzene ring substituents is 1. The van der Waals surface area contributed by atoms with E-state index in [-0.39, 0.29) is 11.3 Å². The van der Waals surface area contributed by atoms with Gasteiger partial charge in [-0.15, -0.1) is 0 Å². The molecule has 1 N–H and O–H groups in total. The normalized spacial score (nSPS) is 10.2. The van der Waals surface area contributed by atoms with E-state index < -0.39 is 28.1 Å². The first-order chi connectivity index (χ1) is 9.90. The minimum Gasteiger partial charge on any atom is -0.478 e. The molecule has 0 aliphatic rings. The second-order valence-electron chi connectivity index (χ2n) is 4.23. The Bertz CT molecular complexity index is 729. The molecule has 0 saturated carbocycles. The van der Waals surface area contributed by atoms with Gasteiger partial charge in [0, 0.05) is 6.07 Å². The Kier molecular flexibility index (Phi) is 3.84. The molecule has 0 fully saturated rings. The maximum absolute atomic E-state index is 13.7. The highest BCUT2D eigenvalue weighted by Gasteiger charge is 2.21.